The van der Waals surface area contributed by atoms with Gasteiger partial charge in [-0.2, -0.15) is 0 Å². The Bertz CT molecular complexity index is 2550. The minimum Gasteiger partial charge on any atom is -0.508 e. The van der Waals surface area contributed by atoms with Crippen LogP contribution in [-0.4, -0.2) is 136 Å². The standard InChI is InChI=1S/C52H68N8O8/c1-10-44(62)57-20-14-21-58(24-23-57)51(66)56(8)46(32(3)4)48(63)54-42-27-34-25-36(28-37(61)26-34)35-17-18-43-39(29-35)40(47(59(43)11-2)38-15-12-19-53-45(38)33(5)67-9)30-52(6,7)31-68-50(65)41-16-13-22-60(55-41)49(42)64/h10,12,15,17-19,25-26,28-29,32-33,41-42,46,55,61H,1,11,13-14,16,20-24,27,30-31H2,2-9H3,(H,54,63)/t33-,41-,42-,46-/m0/s1. The number of carbonyl (C=O) groups excluding carboxylic acids is 5. The summed E-state index contributed by atoms with van der Waals surface area (Å²) in [4.78, 5) is 79.2. The van der Waals surface area contributed by atoms with Gasteiger partial charge in [0.15, 0.2) is 0 Å². The van der Waals surface area contributed by atoms with Gasteiger partial charge in [0.05, 0.1) is 24.1 Å². The summed E-state index contributed by atoms with van der Waals surface area (Å²) < 4.78 is 14.2. The van der Waals surface area contributed by atoms with Crippen molar-refractivity contribution >= 4 is 40.6 Å². The van der Waals surface area contributed by atoms with Crippen molar-refractivity contribution in [1.29, 1.82) is 0 Å². The van der Waals surface area contributed by atoms with Crippen molar-refractivity contribution in [1.82, 2.24) is 40.0 Å². The third-order valence-electron chi connectivity index (χ3n) is 13.6. The molecule has 4 atom stereocenters. The van der Waals surface area contributed by atoms with E-state index >= 15 is 0 Å². The fourth-order valence-corrected chi connectivity index (χ4v) is 10.0. The number of aromatic hydroxyl groups is 1. The number of aryl methyl sites for hydroxylation is 1. The van der Waals surface area contributed by atoms with Crippen molar-refractivity contribution in [3.05, 3.63) is 84.2 Å². The number of aromatic nitrogens is 2. The van der Waals surface area contributed by atoms with E-state index in [1.165, 1.54) is 16.0 Å². The maximum atomic E-state index is 14.8. The summed E-state index contributed by atoms with van der Waals surface area (Å²) in [6.45, 7) is 18.1. The number of hydrazine groups is 1. The topological polar surface area (TPSA) is 179 Å². The van der Waals surface area contributed by atoms with E-state index in [9.17, 15) is 29.1 Å². The molecular formula is C52H68N8O8. The first-order valence-corrected chi connectivity index (χ1v) is 23.9. The molecule has 5 amide bonds. The lowest BCUT2D eigenvalue weighted by atomic mass is 9.84. The predicted octanol–water partition coefficient (Wildman–Crippen LogP) is 6.25. The summed E-state index contributed by atoms with van der Waals surface area (Å²) in [7, 11) is 3.25. The zero-order valence-corrected chi connectivity index (χ0v) is 40.8. The van der Waals surface area contributed by atoms with Crippen molar-refractivity contribution in [2.24, 2.45) is 11.3 Å². The maximum Gasteiger partial charge on any atom is 0.324 e. The third-order valence-corrected chi connectivity index (χ3v) is 13.6. The summed E-state index contributed by atoms with van der Waals surface area (Å²) in [6, 6.07) is 12.1. The number of amides is 5. The number of ether oxygens (including phenoxy) is 2. The van der Waals surface area contributed by atoms with Crippen LogP contribution in [0.2, 0.25) is 0 Å². The zero-order chi connectivity index (χ0) is 49.0. The van der Waals surface area contributed by atoms with E-state index in [4.69, 9.17) is 14.5 Å². The lowest BCUT2D eigenvalue weighted by Gasteiger charge is -2.37. The Morgan fingerprint density at radius 3 is 2.50 bits per heavy atom. The highest BCUT2D eigenvalue weighted by Gasteiger charge is 2.39. The number of likely N-dealkylation sites (N-methyl/N-ethyl adjacent to an activating group) is 1. The van der Waals surface area contributed by atoms with Crippen LogP contribution < -0.4 is 10.7 Å². The van der Waals surface area contributed by atoms with Crippen LogP contribution in [0.1, 0.15) is 83.7 Å². The van der Waals surface area contributed by atoms with Crippen molar-refractivity contribution in [3.8, 4) is 28.1 Å². The molecule has 7 rings (SSSR count). The molecule has 0 aliphatic carbocycles. The molecule has 3 aliphatic rings. The number of hydrogen-bond acceptors (Lipinski definition) is 10. The molecule has 0 spiro atoms. The number of esters is 1. The summed E-state index contributed by atoms with van der Waals surface area (Å²) in [5, 5.41) is 16.8. The van der Waals surface area contributed by atoms with Crippen LogP contribution in [0.5, 0.6) is 5.75 Å². The quantitative estimate of drug-likeness (QED) is 0.128. The highest BCUT2D eigenvalue weighted by molar-refractivity contribution is 5.96. The Kier molecular flexibility index (Phi) is 15.3. The molecule has 16 heteroatoms. The molecule has 0 unspecified atom stereocenters. The number of fused-ring (bicyclic) bond motifs is 6. The van der Waals surface area contributed by atoms with Crippen LogP contribution in [-0.2, 0) is 48.0 Å². The molecule has 5 heterocycles. The van der Waals surface area contributed by atoms with Crippen molar-refractivity contribution < 1.29 is 38.6 Å². The van der Waals surface area contributed by atoms with Gasteiger partial charge < -0.3 is 39.2 Å². The van der Waals surface area contributed by atoms with Gasteiger partial charge in [0.25, 0.3) is 5.91 Å². The van der Waals surface area contributed by atoms with Crippen molar-refractivity contribution in [3.63, 3.8) is 0 Å². The number of nitrogens with one attached hydrogen (secondary N) is 2. The maximum absolute atomic E-state index is 14.8. The van der Waals surface area contributed by atoms with Crippen molar-refractivity contribution in [2.45, 2.75) is 104 Å². The molecule has 16 nitrogen and oxygen atoms in total. The fraction of sp³-hybridized carbons (Fsp3) is 0.500. The number of hydrogen-bond donors (Lipinski definition) is 3. The fourth-order valence-electron chi connectivity index (χ4n) is 10.0. The number of phenols is 1. The highest BCUT2D eigenvalue weighted by Crippen LogP contribution is 2.42. The number of rotatable bonds is 9. The van der Waals surface area contributed by atoms with Gasteiger partial charge in [0.2, 0.25) is 11.8 Å². The number of benzene rings is 2. The minimum atomic E-state index is -1.17. The average molecular weight is 933 g/mol. The average Bonchev–Trinajstić information content (AvgIpc) is 3.43. The molecular weight excluding hydrogens is 865 g/mol. The number of phenolic OH excluding ortho intramolecular Hbond substituents is 1. The summed E-state index contributed by atoms with van der Waals surface area (Å²) in [5.41, 5.74) is 9.53. The molecule has 4 aromatic rings. The molecule has 3 aliphatic heterocycles. The summed E-state index contributed by atoms with van der Waals surface area (Å²) >= 11 is 0. The predicted molar refractivity (Wildman–Crippen MR) is 260 cm³/mol. The van der Waals surface area contributed by atoms with Crippen molar-refractivity contribution in [2.75, 3.05) is 53.5 Å². The molecule has 2 saturated heterocycles. The van der Waals surface area contributed by atoms with Gasteiger partial charge in [-0.15, -0.1) is 0 Å². The largest absolute Gasteiger partial charge is 0.508 e. The van der Waals surface area contributed by atoms with Gasteiger partial charge in [0, 0.05) is 87.9 Å². The van der Waals surface area contributed by atoms with Crippen LogP contribution in [0.25, 0.3) is 33.3 Å². The molecule has 0 radical (unpaired) electrons. The summed E-state index contributed by atoms with van der Waals surface area (Å²) in [6.07, 6.45) is 4.79. The first-order valence-electron chi connectivity index (χ1n) is 23.9. The Morgan fingerprint density at radius 1 is 1.03 bits per heavy atom. The summed E-state index contributed by atoms with van der Waals surface area (Å²) in [5.74, 6) is -2.06. The monoisotopic (exact) mass is 933 g/mol. The number of methoxy groups -OCH3 is 1. The normalized spacial score (nSPS) is 20.0. The van der Waals surface area contributed by atoms with E-state index in [-0.39, 0.29) is 55.8 Å². The molecule has 2 aromatic carbocycles. The van der Waals surface area contributed by atoms with Gasteiger partial charge in [-0.25, -0.2) is 10.2 Å². The second kappa shape index (κ2) is 20.9. The number of nitrogens with zero attached hydrogens (tertiary/aromatic N) is 6. The van der Waals surface area contributed by atoms with Gasteiger partial charge in [0.1, 0.15) is 23.9 Å². The van der Waals surface area contributed by atoms with Gasteiger partial charge >= 0.3 is 12.0 Å². The first-order chi connectivity index (χ1) is 32.4. The van der Waals surface area contributed by atoms with E-state index in [0.717, 1.165) is 39.0 Å². The number of urea groups is 1. The van der Waals surface area contributed by atoms with E-state index in [2.05, 4.69) is 60.9 Å². The van der Waals surface area contributed by atoms with E-state index in [0.29, 0.717) is 63.0 Å². The lowest BCUT2D eigenvalue weighted by molar-refractivity contribution is -0.155. The lowest BCUT2D eigenvalue weighted by Crippen LogP contribution is -2.62. The Labute approximate surface area is 399 Å². The number of cyclic esters (lactones) is 1. The molecule has 364 valence electrons. The zero-order valence-electron chi connectivity index (χ0n) is 40.8. The Morgan fingerprint density at radius 2 is 1.78 bits per heavy atom. The van der Waals surface area contributed by atoms with Crippen LogP contribution in [0, 0.1) is 11.3 Å². The minimum absolute atomic E-state index is 0.0126. The van der Waals surface area contributed by atoms with Gasteiger partial charge in [-0.05, 0) is 110 Å². The Balaban J connectivity index is 1.29. The molecule has 3 N–H and O–H groups in total. The number of carbonyl (C=O) groups is 5. The molecule has 6 bridgehead atoms. The van der Waals surface area contributed by atoms with Crippen LogP contribution in [0.4, 0.5) is 4.79 Å². The van der Waals surface area contributed by atoms with Crippen LogP contribution in [0.15, 0.2) is 67.4 Å². The van der Waals surface area contributed by atoms with Gasteiger partial charge in [-0.1, -0.05) is 46.4 Å². The Hall–Kier alpha value is -6.26. The molecule has 2 fully saturated rings. The molecule has 68 heavy (non-hydrogen) atoms. The van der Waals surface area contributed by atoms with Crippen LogP contribution >= 0.6 is 0 Å². The second-order valence-electron chi connectivity index (χ2n) is 19.5. The third kappa shape index (κ3) is 10.6. The first kappa shape index (κ1) is 49.6. The van der Waals surface area contributed by atoms with E-state index in [1.54, 1.807) is 42.3 Å². The molecule has 2 aromatic heterocycles. The smallest absolute Gasteiger partial charge is 0.324 e. The van der Waals surface area contributed by atoms with Gasteiger partial charge in [-0.3, -0.25) is 29.2 Å². The van der Waals surface area contributed by atoms with Crippen LogP contribution in [0.3, 0.4) is 0 Å². The highest BCUT2D eigenvalue weighted by atomic mass is 16.5. The molecule has 0 saturated carbocycles. The van der Waals surface area contributed by atoms with E-state index < -0.39 is 41.3 Å². The second-order valence-corrected chi connectivity index (χ2v) is 19.5. The van der Waals surface area contributed by atoms with E-state index in [1.807, 2.05) is 39.0 Å². The number of pyridine rings is 1. The SMILES string of the molecule is C=CC(=O)N1CCCN(C(=O)N(C)[C@H](C(=O)N[C@H]2Cc3cc(O)cc(c3)-c3ccc4c(c3)c(c(-c3cccnc3[C@H](C)OC)n4CC)CC(C)(C)COC(=O)[C@@H]3CCCN(N3)C2=O)C(C)C)CC1.